The molecule has 1 N–H and O–H groups in total. The van der Waals surface area contributed by atoms with Gasteiger partial charge in [0.15, 0.2) is 0 Å². The maximum absolute atomic E-state index is 10.8. The van der Waals surface area contributed by atoms with Crippen molar-refractivity contribution in [2.75, 3.05) is 6.61 Å². The van der Waals surface area contributed by atoms with Crippen molar-refractivity contribution in [3.8, 4) is 5.75 Å². The van der Waals surface area contributed by atoms with Crippen molar-refractivity contribution in [3.05, 3.63) is 52.3 Å². The van der Waals surface area contributed by atoms with Gasteiger partial charge in [0, 0.05) is 29.4 Å². The molecule has 2 aromatic rings. The predicted molar refractivity (Wildman–Crippen MR) is 71.1 cm³/mol. The van der Waals surface area contributed by atoms with E-state index in [-0.39, 0.29) is 5.56 Å². The van der Waals surface area contributed by atoms with Gasteiger partial charge in [-0.25, -0.2) is 4.79 Å². The first-order chi connectivity index (χ1) is 9.13. The van der Waals surface area contributed by atoms with Crippen molar-refractivity contribution in [1.82, 2.24) is 4.57 Å². The maximum atomic E-state index is 10.8. The Balaban J connectivity index is 1.92. The third-order valence-corrected chi connectivity index (χ3v) is 3.39. The van der Waals surface area contributed by atoms with Gasteiger partial charge in [-0.1, -0.05) is 11.6 Å². The molecule has 0 saturated heterocycles. The van der Waals surface area contributed by atoms with Gasteiger partial charge in [0.05, 0.1) is 18.7 Å². The number of carboxylic acids is 1. The average Bonchev–Trinajstić information content (AvgIpc) is 2.96. The Morgan fingerprint density at radius 1 is 1.47 bits per heavy atom. The van der Waals surface area contributed by atoms with Crippen LogP contribution in [-0.2, 0) is 13.0 Å². The summed E-state index contributed by atoms with van der Waals surface area (Å²) in [6, 6.07) is 5.37. The topological polar surface area (TPSA) is 51.5 Å². The minimum absolute atomic E-state index is 0.277. The van der Waals surface area contributed by atoms with Gasteiger partial charge in [0.25, 0.3) is 0 Å². The molecule has 0 spiro atoms. The number of halogens is 1. The van der Waals surface area contributed by atoms with Gasteiger partial charge in [-0.3, -0.25) is 0 Å². The van der Waals surface area contributed by atoms with Crippen LogP contribution >= 0.6 is 11.6 Å². The van der Waals surface area contributed by atoms with Crippen molar-refractivity contribution < 1.29 is 14.6 Å². The fourth-order valence-electron chi connectivity index (χ4n) is 2.33. The van der Waals surface area contributed by atoms with E-state index in [1.807, 2.05) is 16.7 Å². The van der Waals surface area contributed by atoms with E-state index >= 15 is 0 Å². The van der Waals surface area contributed by atoms with Crippen molar-refractivity contribution in [1.29, 1.82) is 0 Å². The molecule has 5 heteroatoms. The molecule has 0 fully saturated rings. The fraction of sp³-hybridized carbons (Fsp3) is 0.214. The highest BCUT2D eigenvalue weighted by molar-refractivity contribution is 6.30. The number of benzene rings is 1. The summed E-state index contributed by atoms with van der Waals surface area (Å²) in [6.45, 7) is 1.23. The van der Waals surface area contributed by atoms with E-state index in [2.05, 4.69) is 0 Å². The normalized spacial score (nSPS) is 13.1. The number of ether oxygens (including phenoxy) is 1. The molecule has 2 heterocycles. The number of rotatable bonds is 3. The molecule has 98 valence electrons. The zero-order valence-electron chi connectivity index (χ0n) is 10.1. The molecular formula is C14H12ClNO3. The number of aromatic carboxylic acids is 1. The largest absolute Gasteiger partial charge is 0.493 e. The van der Waals surface area contributed by atoms with Crippen LogP contribution in [0.25, 0.3) is 0 Å². The molecule has 0 bridgehead atoms. The first kappa shape index (κ1) is 12.1. The number of nitrogens with zero attached hydrogens (tertiary/aromatic N) is 1. The Morgan fingerprint density at radius 3 is 3.05 bits per heavy atom. The summed E-state index contributed by atoms with van der Waals surface area (Å²) in [7, 11) is 0. The third kappa shape index (κ3) is 2.31. The van der Waals surface area contributed by atoms with Crippen LogP contribution in [-0.4, -0.2) is 22.2 Å². The summed E-state index contributed by atoms with van der Waals surface area (Å²) in [5.41, 5.74) is 2.38. The fourth-order valence-corrected chi connectivity index (χ4v) is 2.59. The van der Waals surface area contributed by atoms with E-state index in [4.69, 9.17) is 21.4 Å². The van der Waals surface area contributed by atoms with Crippen LogP contribution in [0.3, 0.4) is 0 Å². The molecule has 1 aliphatic rings. The SMILES string of the molecule is O=C(O)c1ccn(Cc2cc(Cl)cc3c2OCC3)c1. The van der Waals surface area contributed by atoms with Crippen molar-refractivity contribution in [2.24, 2.45) is 0 Å². The zero-order chi connectivity index (χ0) is 13.4. The first-order valence-electron chi connectivity index (χ1n) is 5.96. The second-order valence-electron chi connectivity index (χ2n) is 4.53. The summed E-state index contributed by atoms with van der Waals surface area (Å²) < 4.78 is 7.44. The second kappa shape index (κ2) is 4.63. The quantitative estimate of drug-likeness (QED) is 0.938. The molecule has 0 unspecified atom stereocenters. The third-order valence-electron chi connectivity index (χ3n) is 3.18. The standard InChI is InChI=1S/C14H12ClNO3/c15-12-5-9-2-4-19-13(9)11(6-12)8-16-3-1-10(7-16)14(17)18/h1,3,5-7H,2,4,8H2,(H,17,18). The molecule has 1 aromatic carbocycles. The van der Waals surface area contributed by atoms with E-state index in [1.54, 1.807) is 18.5 Å². The lowest BCUT2D eigenvalue weighted by atomic mass is 10.1. The van der Waals surface area contributed by atoms with Crippen LogP contribution in [0.2, 0.25) is 5.02 Å². The van der Waals surface area contributed by atoms with E-state index in [1.165, 1.54) is 0 Å². The maximum Gasteiger partial charge on any atom is 0.337 e. The Kier molecular flexibility index (Phi) is 2.95. The molecule has 19 heavy (non-hydrogen) atoms. The molecule has 4 nitrogen and oxygen atoms in total. The smallest absolute Gasteiger partial charge is 0.337 e. The lowest BCUT2D eigenvalue weighted by Crippen LogP contribution is -2.00. The number of hydrogen-bond acceptors (Lipinski definition) is 2. The van der Waals surface area contributed by atoms with Crippen molar-refractivity contribution in [3.63, 3.8) is 0 Å². The summed E-state index contributed by atoms with van der Waals surface area (Å²) in [5, 5.41) is 9.59. The van der Waals surface area contributed by atoms with Gasteiger partial charge in [0.2, 0.25) is 0 Å². The average molecular weight is 278 g/mol. The van der Waals surface area contributed by atoms with Gasteiger partial charge in [-0.2, -0.15) is 0 Å². The van der Waals surface area contributed by atoms with Gasteiger partial charge in [-0.15, -0.1) is 0 Å². The molecule has 0 aliphatic carbocycles. The number of hydrogen-bond donors (Lipinski definition) is 1. The number of fused-ring (bicyclic) bond motifs is 1. The zero-order valence-corrected chi connectivity index (χ0v) is 10.9. The molecule has 3 rings (SSSR count). The molecular weight excluding hydrogens is 266 g/mol. The first-order valence-corrected chi connectivity index (χ1v) is 6.34. The van der Waals surface area contributed by atoms with E-state index < -0.39 is 5.97 Å². The molecule has 0 saturated carbocycles. The lowest BCUT2D eigenvalue weighted by Gasteiger charge is -2.09. The summed E-state index contributed by atoms with van der Waals surface area (Å²) in [5.74, 6) is -0.0405. The molecule has 1 aromatic heterocycles. The highest BCUT2D eigenvalue weighted by Gasteiger charge is 2.18. The summed E-state index contributed by atoms with van der Waals surface area (Å²) in [4.78, 5) is 10.8. The predicted octanol–water partition coefficient (Wildman–Crippen LogP) is 2.82. The van der Waals surface area contributed by atoms with Crippen LogP contribution in [0.1, 0.15) is 21.5 Å². The van der Waals surface area contributed by atoms with E-state index in [9.17, 15) is 4.79 Å². The van der Waals surface area contributed by atoms with E-state index in [0.717, 1.165) is 23.3 Å². The van der Waals surface area contributed by atoms with Gasteiger partial charge in [0.1, 0.15) is 5.75 Å². The van der Waals surface area contributed by atoms with Crippen molar-refractivity contribution >= 4 is 17.6 Å². The Labute approximate surface area is 115 Å². The van der Waals surface area contributed by atoms with Crippen LogP contribution in [0, 0.1) is 0 Å². The van der Waals surface area contributed by atoms with Crippen LogP contribution in [0.4, 0.5) is 0 Å². The highest BCUT2D eigenvalue weighted by atomic mass is 35.5. The summed E-state index contributed by atoms with van der Waals surface area (Å²) in [6.07, 6.45) is 4.21. The van der Waals surface area contributed by atoms with Crippen LogP contribution in [0.5, 0.6) is 5.75 Å². The molecule has 0 atom stereocenters. The van der Waals surface area contributed by atoms with Gasteiger partial charge < -0.3 is 14.4 Å². The van der Waals surface area contributed by atoms with Crippen molar-refractivity contribution in [2.45, 2.75) is 13.0 Å². The second-order valence-corrected chi connectivity index (χ2v) is 4.97. The molecule has 0 amide bonds. The summed E-state index contributed by atoms with van der Waals surface area (Å²) >= 11 is 6.09. The molecule has 1 aliphatic heterocycles. The minimum Gasteiger partial charge on any atom is -0.493 e. The number of aromatic nitrogens is 1. The van der Waals surface area contributed by atoms with Gasteiger partial charge in [-0.05, 0) is 23.8 Å². The van der Waals surface area contributed by atoms with Crippen LogP contribution < -0.4 is 4.74 Å². The minimum atomic E-state index is -0.925. The van der Waals surface area contributed by atoms with Crippen LogP contribution in [0.15, 0.2) is 30.6 Å². The highest BCUT2D eigenvalue weighted by Crippen LogP contribution is 2.33. The Morgan fingerprint density at radius 2 is 2.32 bits per heavy atom. The monoisotopic (exact) mass is 277 g/mol. The number of carboxylic acid groups (broad SMARTS) is 1. The Hall–Kier alpha value is -1.94. The van der Waals surface area contributed by atoms with Gasteiger partial charge >= 0.3 is 5.97 Å². The Bertz CT molecular complexity index is 648. The molecule has 0 radical (unpaired) electrons. The lowest BCUT2D eigenvalue weighted by molar-refractivity contribution is 0.0697. The number of carbonyl (C=O) groups is 1. The van der Waals surface area contributed by atoms with E-state index in [0.29, 0.717) is 18.2 Å².